The molecule has 3 N–H and O–H groups in total. The first-order chi connectivity index (χ1) is 9.19. The zero-order valence-electron chi connectivity index (χ0n) is 11.4. The number of nitrogens with one attached hydrogen (secondary N) is 1. The lowest BCUT2D eigenvalue weighted by molar-refractivity contribution is 0.1000. The van der Waals surface area contributed by atoms with Crippen LogP contribution in [0.4, 0.5) is 5.82 Å². The minimum absolute atomic E-state index is 0.438. The number of aromatic nitrogens is 1. The van der Waals surface area contributed by atoms with E-state index < -0.39 is 5.91 Å². The Morgan fingerprint density at radius 1 is 1.47 bits per heavy atom. The Kier molecular flexibility index (Phi) is 4.74. The Morgan fingerprint density at radius 3 is 2.74 bits per heavy atom. The van der Waals surface area contributed by atoms with Crippen LogP contribution in [0.1, 0.15) is 36.5 Å². The Bertz CT molecular complexity index is 410. The van der Waals surface area contributed by atoms with Crippen LogP contribution in [0.3, 0.4) is 0 Å². The van der Waals surface area contributed by atoms with Crippen LogP contribution in [0.25, 0.3) is 0 Å². The van der Waals surface area contributed by atoms with E-state index in [1.807, 2.05) is 6.07 Å². The van der Waals surface area contributed by atoms with Gasteiger partial charge >= 0.3 is 0 Å². The monoisotopic (exact) mass is 262 g/mol. The number of primary amides is 1. The van der Waals surface area contributed by atoms with Crippen molar-refractivity contribution in [2.75, 3.05) is 25.0 Å². The summed E-state index contributed by atoms with van der Waals surface area (Å²) < 4.78 is 0. The van der Waals surface area contributed by atoms with E-state index in [0.29, 0.717) is 11.6 Å². The zero-order valence-corrected chi connectivity index (χ0v) is 11.4. The molecule has 2 heterocycles. The summed E-state index contributed by atoms with van der Waals surface area (Å²) in [6.07, 6.45) is 5.02. The predicted octanol–water partition coefficient (Wildman–Crippen LogP) is 1.47. The molecular formula is C14H22N4O. The molecule has 5 nitrogen and oxygen atoms in total. The summed E-state index contributed by atoms with van der Waals surface area (Å²) in [5.74, 6) is 0.380. The zero-order chi connectivity index (χ0) is 13.7. The van der Waals surface area contributed by atoms with E-state index in [1.54, 1.807) is 6.07 Å². The topological polar surface area (TPSA) is 71.2 Å². The Balaban J connectivity index is 1.83. The number of carbonyl (C=O) groups excluding carboxylic acids is 1. The van der Waals surface area contributed by atoms with Gasteiger partial charge in [-0.25, -0.2) is 4.98 Å². The van der Waals surface area contributed by atoms with Crippen molar-refractivity contribution in [2.24, 2.45) is 5.73 Å². The van der Waals surface area contributed by atoms with Gasteiger partial charge in [-0.2, -0.15) is 0 Å². The largest absolute Gasteiger partial charge is 0.367 e. The maximum absolute atomic E-state index is 11.0. The van der Waals surface area contributed by atoms with Gasteiger partial charge < -0.3 is 16.0 Å². The molecule has 0 bridgehead atoms. The molecule has 0 saturated carbocycles. The van der Waals surface area contributed by atoms with Gasteiger partial charge in [0.25, 0.3) is 0 Å². The van der Waals surface area contributed by atoms with Crippen molar-refractivity contribution in [3.05, 3.63) is 23.9 Å². The molecular weight excluding hydrogens is 240 g/mol. The fourth-order valence-electron chi connectivity index (χ4n) is 2.45. The third-order valence-corrected chi connectivity index (χ3v) is 3.53. The second-order valence-electron chi connectivity index (χ2n) is 5.06. The molecule has 1 fully saturated rings. The number of likely N-dealkylation sites (tertiary alicyclic amines) is 1. The highest BCUT2D eigenvalue weighted by atomic mass is 16.1. The van der Waals surface area contributed by atoms with E-state index in [1.165, 1.54) is 19.2 Å². The van der Waals surface area contributed by atoms with E-state index in [9.17, 15) is 4.79 Å². The molecule has 1 aliphatic heterocycles. The summed E-state index contributed by atoms with van der Waals surface area (Å²) in [6.45, 7) is 5.70. The first-order valence-electron chi connectivity index (χ1n) is 6.93. The van der Waals surface area contributed by atoms with Crippen LogP contribution >= 0.6 is 0 Å². The van der Waals surface area contributed by atoms with Crippen molar-refractivity contribution in [3.8, 4) is 0 Å². The maximum atomic E-state index is 11.0. The average Bonchev–Trinajstić information content (AvgIpc) is 2.42. The predicted molar refractivity (Wildman–Crippen MR) is 76.1 cm³/mol. The van der Waals surface area contributed by atoms with Crippen molar-refractivity contribution >= 4 is 11.7 Å². The van der Waals surface area contributed by atoms with E-state index in [2.05, 4.69) is 22.1 Å². The van der Waals surface area contributed by atoms with Crippen molar-refractivity contribution < 1.29 is 4.79 Å². The van der Waals surface area contributed by atoms with Gasteiger partial charge in [0.15, 0.2) is 0 Å². The second kappa shape index (κ2) is 6.52. The number of hydrogen-bond acceptors (Lipinski definition) is 4. The summed E-state index contributed by atoms with van der Waals surface area (Å²) in [6, 6.07) is 4.00. The van der Waals surface area contributed by atoms with Crippen LogP contribution < -0.4 is 11.1 Å². The fraction of sp³-hybridized carbons (Fsp3) is 0.571. The van der Waals surface area contributed by atoms with Crippen LogP contribution in [-0.2, 0) is 0 Å². The van der Waals surface area contributed by atoms with Crippen molar-refractivity contribution in [1.29, 1.82) is 0 Å². The maximum Gasteiger partial charge on any atom is 0.250 e. The molecule has 1 amide bonds. The summed E-state index contributed by atoms with van der Waals surface area (Å²) in [5, 5.41) is 3.42. The molecule has 0 radical (unpaired) electrons. The molecule has 5 heteroatoms. The van der Waals surface area contributed by atoms with Crippen molar-refractivity contribution in [2.45, 2.75) is 32.2 Å². The molecule has 0 aromatic carbocycles. The lowest BCUT2D eigenvalue weighted by atomic mass is 10.0. The van der Waals surface area contributed by atoms with Crippen molar-refractivity contribution in [3.63, 3.8) is 0 Å². The molecule has 0 spiro atoms. The van der Waals surface area contributed by atoms with Crippen LogP contribution in [-0.4, -0.2) is 41.5 Å². The number of nitrogens with zero attached hydrogens (tertiary/aromatic N) is 2. The molecule has 0 unspecified atom stereocenters. The molecule has 1 aromatic heterocycles. The summed E-state index contributed by atoms with van der Waals surface area (Å²) in [4.78, 5) is 17.7. The van der Waals surface area contributed by atoms with Crippen molar-refractivity contribution in [1.82, 2.24) is 9.88 Å². The van der Waals surface area contributed by atoms with Crippen LogP contribution in [0.5, 0.6) is 0 Å². The molecule has 1 aliphatic rings. The third-order valence-electron chi connectivity index (χ3n) is 3.53. The molecule has 104 valence electrons. The van der Waals surface area contributed by atoms with E-state index >= 15 is 0 Å². The fourth-order valence-corrected chi connectivity index (χ4v) is 2.45. The van der Waals surface area contributed by atoms with E-state index in [-0.39, 0.29) is 0 Å². The molecule has 1 saturated heterocycles. The Labute approximate surface area is 114 Å². The third kappa shape index (κ3) is 3.92. The number of hydrogen-bond donors (Lipinski definition) is 2. The van der Waals surface area contributed by atoms with Gasteiger partial charge in [0, 0.05) is 25.3 Å². The van der Waals surface area contributed by atoms with Crippen LogP contribution in [0.2, 0.25) is 0 Å². The molecule has 1 aromatic rings. The highest BCUT2D eigenvalue weighted by Crippen LogP contribution is 2.15. The number of pyridine rings is 1. The normalized spacial score (nSPS) is 17.3. The van der Waals surface area contributed by atoms with Gasteiger partial charge in [0.1, 0.15) is 5.82 Å². The molecule has 0 atom stereocenters. The molecule has 0 aliphatic carbocycles. The van der Waals surface area contributed by atoms with Gasteiger partial charge in [-0.3, -0.25) is 4.79 Å². The van der Waals surface area contributed by atoms with E-state index in [0.717, 1.165) is 31.7 Å². The quantitative estimate of drug-likeness (QED) is 0.843. The second-order valence-corrected chi connectivity index (χ2v) is 5.06. The number of nitrogens with two attached hydrogens (primary N) is 1. The smallest absolute Gasteiger partial charge is 0.250 e. The molecule has 19 heavy (non-hydrogen) atoms. The first kappa shape index (κ1) is 13.8. The number of rotatable bonds is 5. The lowest BCUT2D eigenvalue weighted by Crippen LogP contribution is -2.39. The van der Waals surface area contributed by atoms with Gasteiger partial charge in [-0.15, -0.1) is 0 Å². The van der Waals surface area contributed by atoms with Gasteiger partial charge in [-0.05, 0) is 37.9 Å². The number of carbonyl (C=O) groups is 1. The average molecular weight is 262 g/mol. The summed E-state index contributed by atoms with van der Waals surface area (Å²) in [7, 11) is 0. The highest BCUT2D eigenvalue weighted by Gasteiger charge is 2.18. The Morgan fingerprint density at radius 2 is 2.21 bits per heavy atom. The molecule has 2 rings (SSSR count). The minimum atomic E-state index is -0.438. The van der Waals surface area contributed by atoms with E-state index in [4.69, 9.17) is 5.73 Å². The standard InChI is InChI=1S/C14H22N4O/c1-2-7-18-8-5-12(6-9-18)17-13-4-3-11(10-16-13)14(15)19/h3-4,10,12H,2,5-9H2,1H3,(H2,15,19)(H,16,17). The van der Waals surface area contributed by atoms with Gasteiger partial charge in [-0.1, -0.05) is 6.92 Å². The SMILES string of the molecule is CCCN1CCC(Nc2ccc(C(N)=O)cn2)CC1. The Hall–Kier alpha value is -1.62. The summed E-state index contributed by atoms with van der Waals surface area (Å²) in [5.41, 5.74) is 5.63. The first-order valence-corrected chi connectivity index (χ1v) is 6.93. The van der Waals surface area contributed by atoms with Crippen LogP contribution in [0, 0.1) is 0 Å². The number of piperidine rings is 1. The number of amides is 1. The van der Waals surface area contributed by atoms with Gasteiger partial charge in [0.05, 0.1) is 5.56 Å². The lowest BCUT2D eigenvalue weighted by Gasteiger charge is -2.32. The summed E-state index contributed by atoms with van der Waals surface area (Å²) >= 11 is 0. The minimum Gasteiger partial charge on any atom is -0.367 e. The van der Waals surface area contributed by atoms with Crippen LogP contribution in [0.15, 0.2) is 18.3 Å². The number of anilines is 1. The van der Waals surface area contributed by atoms with Gasteiger partial charge in [0.2, 0.25) is 5.91 Å². The highest BCUT2D eigenvalue weighted by molar-refractivity contribution is 5.92.